The minimum absolute atomic E-state index is 0.0654. The third kappa shape index (κ3) is 4.20. The van der Waals surface area contributed by atoms with Crippen LogP contribution in [0.25, 0.3) is 0 Å². The molecule has 1 saturated carbocycles. The predicted octanol–water partition coefficient (Wildman–Crippen LogP) is 4.09. The summed E-state index contributed by atoms with van der Waals surface area (Å²) in [4.78, 5) is 12.1. The molecular weight excluding hydrogens is 328 g/mol. The Balaban J connectivity index is 1.99. The van der Waals surface area contributed by atoms with E-state index in [1.165, 1.54) is 6.42 Å². The van der Waals surface area contributed by atoms with Gasteiger partial charge in [-0.1, -0.05) is 46.8 Å². The first-order chi connectivity index (χ1) is 8.98. The molecule has 2 rings (SSSR count). The first-order valence-electron chi connectivity index (χ1n) is 6.52. The third-order valence-electron chi connectivity index (χ3n) is 3.56. The lowest BCUT2D eigenvalue weighted by atomic mass is 9.80. The van der Waals surface area contributed by atoms with Crippen molar-refractivity contribution < 1.29 is 4.79 Å². The van der Waals surface area contributed by atoms with Crippen LogP contribution in [0.2, 0.25) is 5.02 Å². The molecule has 0 spiro atoms. The summed E-state index contributed by atoms with van der Waals surface area (Å²) < 4.78 is 0.882. The van der Waals surface area contributed by atoms with Crippen LogP contribution in [0.5, 0.6) is 0 Å². The zero-order valence-corrected chi connectivity index (χ0v) is 13.1. The van der Waals surface area contributed by atoms with Crippen LogP contribution in [0.15, 0.2) is 22.7 Å². The molecule has 104 valence electrons. The summed E-state index contributed by atoms with van der Waals surface area (Å²) in [7, 11) is 0. The lowest BCUT2D eigenvalue weighted by Crippen LogP contribution is -2.44. The van der Waals surface area contributed by atoms with E-state index in [-0.39, 0.29) is 11.4 Å². The zero-order valence-electron chi connectivity index (χ0n) is 10.7. The Morgan fingerprint density at radius 1 is 1.37 bits per heavy atom. The van der Waals surface area contributed by atoms with Crippen LogP contribution in [0.4, 0.5) is 5.69 Å². The van der Waals surface area contributed by atoms with Gasteiger partial charge in [-0.2, -0.15) is 0 Å². The van der Waals surface area contributed by atoms with E-state index in [9.17, 15) is 4.79 Å². The smallest absolute Gasteiger partial charge is 0.226 e. The van der Waals surface area contributed by atoms with E-state index in [0.29, 0.717) is 17.1 Å². The Kier molecular flexibility index (Phi) is 4.87. The summed E-state index contributed by atoms with van der Waals surface area (Å²) in [6.45, 7) is 0. The van der Waals surface area contributed by atoms with Crippen molar-refractivity contribution in [3.05, 3.63) is 27.7 Å². The number of carbonyl (C=O) groups is 1. The van der Waals surface area contributed by atoms with Crippen LogP contribution in [-0.4, -0.2) is 11.4 Å². The van der Waals surface area contributed by atoms with Gasteiger partial charge in [0, 0.05) is 16.4 Å². The van der Waals surface area contributed by atoms with Crippen molar-refractivity contribution in [3.8, 4) is 0 Å². The third-order valence-corrected chi connectivity index (χ3v) is 4.39. The SMILES string of the molecule is NC1(CC(=O)Nc2cc(Br)ccc2Cl)CCCCC1. The molecule has 3 nitrogen and oxygen atoms in total. The molecule has 19 heavy (non-hydrogen) atoms. The summed E-state index contributed by atoms with van der Waals surface area (Å²) in [5.41, 5.74) is 6.56. The molecule has 0 bridgehead atoms. The Morgan fingerprint density at radius 3 is 2.74 bits per heavy atom. The van der Waals surface area contributed by atoms with Gasteiger partial charge in [0.15, 0.2) is 0 Å². The molecule has 3 N–H and O–H groups in total. The maximum Gasteiger partial charge on any atom is 0.226 e. The Labute approximate surface area is 127 Å². The normalized spacial score (nSPS) is 18.1. The van der Waals surface area contributed by atoms with Gasteiger partial charge in [0.1, 0.15) is 0 Å². The van der Waals surface area contributed by atoms with Gasteiger partial charge in [-0.15, -0.1) is 0 Å². The molecule has 0 atom stereocenters. The Morgan fingerprint density at radius 2 is 2.05 bits per heavy atom. The number of nitrogens with two attached hydrogens (primary N) is 1. The topological polar surface area (TPSA) is 55.1 Å². The second-order valence-electron chi connectivity index (χ2n) is 5.27. The van der Waals surface area contributed by atoms with E-state index in [1.54, 1.807) is 12.1 Å². The summed E-state index contributed by atoms with van der Waals surface area (Å²) in [6, 6.07) is 5.38. The highest BCUT2D eigenvalue weighted by molar-refractivity contribution is 9.10. The molecule has 1 aliphatic rings. The Hall–Kier alpha value is -0.580. The van der Waals surface area contributed by atoms with Crippen molar-refractivity contribution in [3.63, 3.8) is 0 Å². The number of hydrogen-bond donors (Lipinski definition) is 2. The standard InChI is InChI=1S/C14H18BrClN2O/c15-10-4-5-11(16)12(8-10)18-13(19)9-14(17)6-2-1-3-7-14/h4-5,8H,1-3,6-7,9,17H2,(H,18,19). The number of anilines is 1. The molecule has 0 unspecified atom stereocenters. The van der Waals surface area contributed by atoms with Crippen LogP contribution in [0.1, 0.15) is 38.5 Å². The summed E-state index contributed by atoms with van der Waals surface area (Å²) >= 11 is 9.41. The molecule has 0 heterocycles. The molecule has 1 aromatic carbocycles. The number of nitrogens with one attached hydrogen (secondary N) is 1. The van der Waals surface area contributed by atoms with Crippen molar-refractivity contribution in [2.24, 2.45) is 5.73 Å². The molecule has 0 aromatic heterocycles. The highest BCUT2D eigenvalue weighted by Gasteiger charge is 2.30. The molecule has 1 aromatic rings. The van der Waals surface area contributed by atoms with E-state index in [1.807, 2.05) is 6.07 Å². The average Bonchev–Trinajstić information content (AvgIpc) is 2.34. The highest BCUT2D eigenvalue weighted by atomic mass is 79.9. The van der Waals surface area contributed by atoms with E-state index in [4.69, 9.17) is 17.3 Å². The molecule has 0 saturated heterocycles. The van der Waals surface area contributed by atoms with Crippen molar-refractivity contribution in [1.29, 1.82) is 0 Å². The van der Waals surface area contributed by atoms with Crippen molar-refractivity contribution in [1.82, 2.24) is 0 Å². The maximum atomic E-state index is 12.1. The van der Waals surface area contributed by atoms with Crippen molar-refractivity contribution >= 4 is 39.1 Å². The maximum absolute atomic E-state index is 12.1. The van der Waals surface area contributed by atoms with Crippen LogP contribution in [0.3, 0.4) is 0 Å². The van der Waals surface area contributed by atoms with Crippen LogP contribution in [0, 0.1) is 0 Å². The Bertz CT molecular complexity index is 473. The largest absolute Gasteiger partial charge is 0.325 e. The summed E-state index contributed by atoms with van der Waals surface area (Å²) in [6.07, 6.45) is 5.65. The molecule has 5 heteroatoms. The number of hydrogen-bond acceptors (Lipinski definition) is 2. The number of rotatable bonds is 3. The second kappa shape index (κ2) is 6.25. The number of benzene rings is 1. The van der Waals surface area contributed by atoms with E-state index in [0.717, 1.165) is 30.2 Å². The molecule has 0 radical (unpaired) electrons. The van der Waals surface area contributed by atoms with E-state index < -0.39 is 0 Å². The van der Waals surface area contributed by atoms with Crippen molar-refractivity contribution in [2.45, 2.75) is 44.1 Å². The van der Waals surface area contributed by atoms with Crippen LogP contribution < -0.4 is 11.1 Å². The fourth-order valence-corrected chi connectivity index (χ4v) is 3.07. The van der Waals surface area contributed by atoms with Gasteiger partial charge in [0.2, 0.25) is 5.91 Å². The van der Waals surface area contributed by atoms with Gasteiger partial charge < -0.3 is 11.1 Å². The van der Waals surface area contributed by atoms with Gasteiger partial charge >= 0.3 is 0 Å². The van der Waals surface area contributed by atoms with Crippen LogP contribution in [-0.2, 0) is 4.79 Å². The van der Waals surface area contributed by atoms with Gasteiger partial charge in [-0.25, -0.2) is 0 Å². The van der Waals surface area contributed by atoms with Crippen molar-refractivity contribution in [2.75, 3.05) is 5.32 Å². The highest BCUT2D eigenvalue weighted by Crippen LogP contribution is 2.30. The lowest BCUT2D eigenvalue weighted by molar-refractivity contribution is -0.117. The van der Waals surface area contributed by atoms with Crippen LogP contribution >= 0.6 is 27.5 Å². The monoisotopic (exact) mass is 344 g/mol. The van der Waals surface area contributed by atoms with Gasteiger partial charge in [0.05, 0.1) is 10.7 Å². The molecule has 1 amide bonds. The average molecular weight is 346 g/mol. The van der Waals surface area contributed by atoms with Gasteiger partial charge in [0.25, 0.3) is 0 Å². The molecule has 0 aliphatic heterocycles. The summed E-state index contributed by atoms with van der Waals surface area (Å²) in [5.74, 6) is -0.0654. The molecule has 1 aliphatic carbocycles. The first-order valence-corrected chi connectivity index (χ1v) is 7.69. The molecular formula is C14H18BrClN2O. The summed E-state index contributed by atoms with van der Waals surface area (Å²) in [5, 5.41) is 3.38. The quantitative estimate of drug-likeness (QED) is 0.867. The van der Waals surface area contributed by atoms with Gasteiger partial charge in [-0.05, 0) is 31.0 Å². The fourth-order valence-electron chi connectivity index (χ4n) is 2.54. The zero-order chi connectivity index (χ0) is 13.9. The number of carbonyl (C=O) groups excluding carboxylic acids is 1. The van der Waals surface area contributed by atoms with E-state index in [2.05, 4.69) is 21.2 Å². The predicted molar refractivity (Wildman–Crippen MR) is 82.4 cm³/mol. The minimum Gasteiger partial charge on any atom is -0.325 e. The minimum atomic E-state index is -0.346. The van der Waals surface area contributed by atoms with E-state index >= 15 is 0 Å². The lowest BCUT2D eigenvalue weighted by Gasteiger charge is -2.32. The second-order valence-corrected chi connectivity index (χ2v) is 6.60. The number of amides is 1. The fraction of sp³-hybridized carbons (Fsp3) is 0.500. The number of halogens is 2. The van der Waals surface area contributed by atoms with Gasteiger partial charge in [-0.3, -0.25) is 4.79 Å². The first kappa shape index (κ1) is 14.8. The molecule has 1 fully saturated rings.